The highest BCUT2D eigenvalue weighted by atomic mass is 32.2. The van der Waals surface area contributed by atoms with Gasteiger partial charge in [0.25, 0.3) is 0 Å². The molecule has 160 valence electrons. The van der Waals surface area contributed by atoms with Crippen molar-refractivity contribution in [1.82, 2.24) is 19.7 Å². The molecule has 7 heteroatoms. The van der Waals surface area contributed by atoms with Crippen LogP contribution in [0.2, 0.25) is 0 Å². The van der Waals surface area contributed by atoms with E-state index in [1.165, 1.54) is 29.3 Å². The molecule has 0 saturated carbocycles. The molecular weight excluding hydrogens is 418 g/mol. The highest BCUT2D eigenvalue weighted by molar-refractivity contribution is 7.99. The molecule has 0 fully saturated rings. The molecule has 2 aromatic carbocycles. The SMILES string of the molecule is Cc1ccccc1-n1c(SCC(=O)Nc2ccc3c(c2)CCC3)nnc1-c1ccncc1. The minimum absolute atomic E-state index is 0.0576. The second-order valence-corrected chi connectivity index (χ2v) is 8.78. The molecule has 0 unspecified atom stereocenters. The van der Waals surface area contributed by atoms with Gasteiger partial charge in [-0.3, -0.25) is 14.3 Å². The highest BCUT2D eigenvalue weighted by Gasteiger charge is 2.19. The number of anilines is 1. The van der Waals surface area contributed by atoms with Crippen LogP contribution in [0.3, 0.4) is 0 Å². The van der Waals surface area contributed by atoms with Crippen LogP contribution in [-0.2, 0) is 17.6 Å². The molecule has 0 radical (unpaired) electrons. The Hall–Kier alpha value is -3.45. The largest absolute Gasteiger partial charge is 0.325 e. The summed E-state index contributed by atoms with van der Waals surface area (Å²) >= 11 is 1.38. The summed E-state index contributed by atoms with van der Waals surface area (Å²) in [5.74, 6) is 0.915. The maximum absolute atomic E-state index is 12.7. The normalized spacial score (nSPS) is 12.5. The van der Waals surface area contributed by atoms with Crippen molar-refractivity contribution in [2.75, 3.05) is 11.1 Å². The lowest BCUT2D eigenvalue weighted by Gasteiger charge is -2.13. The number of thioether (sulfide) groups is 1. The number of rotatable bonds is 6. The fourth-order valence-electron chi connectivity index (χ4n) is 4.06. The van der Waals surface area contributed by atoms with Gasteiger partial charge in [0.15, 0.2) is 11.0 Å². The first kappa shape index (κ1) is 20.5. The van der Waals surface area contributed by atoms with Crippen molar-refractivity contribution in [1.29, 1.82) is 0 Å². The third-order valence-electron chi connectivity index (χ3n) is 5.64. The zero-order valence-corrected chi connectivity index (χ0v) is 18.6. The molecule has 5 rings (SSSR count). The van der Waals surface area contributed by atoms with Crippen molar-refractivity contribution >= 4 is 23.4 Å². The number of amides is 1. The molecule has 2 aromatic heterocycles. The van der Waals surface area contributed by atoms with Crippen LogP contribution < -0.4 is 5.32 Å². The van der Waals surface area contributed by atoms with Gasteiger partial charge in [-0.2, -0.15) is 0 Å². The van der Waals surface area contributed by atoms with Crippen LogP contribution >= 0.6 is 11.8 Å². The molecule has 1 aliphatic rings. The van der Waals surface area contributed by atoms with Gasteiger partial charge in [-0.15, -0.1) is 10.2 Å². The van der Waals surface area contributed by atoms with Crippen molar-refractivity contribution in [3.63, 3.8) is 0 Å². The van der Waals surface area contributed by atoms with Crippen molar-refractivity contribution < 1.29 is 4.79 Å². The quantitative estimate of drug-likeness (QED) is 0.433. The van der Waals surface area contributed by atoms with Crippen molar-refractivity contribution in [3.05, 3.63) is 83.7 Å². The summed E-state index contributed by atoms with van der Waals surface area (Å²) in [4.78, 5) is 16.8. The summed E-state index contributed by atoms with van der Waals surface area (Å²) in [6.45, 7) is 2.06. The average molecular weight is 442 g/mol. The van der Waals surface area contributed by atoms with Gasteiger partial charge in [-0.05, 0) is 73.2 Å². The van der Waals surface area contributed by atoms with E-state index >= 15 is 0 Å². The molecule has 0 saturated heterocycles. The lowest BCUT2D eigenvalue weighted by molar-refractivity contribution is -0.113. The van der Waals surface area contributed by atoms with Crippen LogP contribution in [0.5, 0.6) is 0 Å². The van der Waals surface area contributed by atoms with Crippen LogP contribution in [-0.4, -0.2) is 31.4 Å². The van der Waals surface area contributed by atoms with Crippen LogP contribution in [0, 0.1) is 6.92 Å². The Kier molecular flexibility index (Phi) is 5.73. The Bertz CT molecular complexity index is 1270. The van der Waals surface area contributed by atoms with Crippen LogP contribution in [0.15, 0.2) is 72.1 Å². The number of hydrogen-bond acceptors (Lipinski definition) is 5. The Labute approximate surface area is 191 Å². The lowest BCUT2D eigenvalue weighted by atomic mass is 10.1. The number of carbonyl (C=O) groups excluding carboxylic acids is 1. The van der Waals surface area contributed by atoms with E-state index in [9.17, 15) is 4.79 Å². The first-order chi connectivity index (χ1) is 15.7. The van der Waals surface area contributed by atoms with E-state index < -0.39 is 0 Å². The van der Waals surface area contributed by atoms with Gasteiger partial charge in [-0.25, -0.2) is 0 Å². The monoisotopic (exact) mass is 441 g/mol. The Balaban J connectivity index is 1.38. The number of aryl methyl sites for hydroxylation is 3. The summed E-state index contributed by atoms with van der Waals surface area (Å²) in [7, 11) is 0. The standard InChI is InChI=1S/C25H23N5OS/c1-17-5-2-3-8-22(17)30-24(19-11-13-26-14-12-19)28-29-25(30)32-16-23(31)27-21-10-9-18-6-4-7-20(18)15-21/h2-3,5,8-15H,4,6-7,16H2,1H3,(H,27,31). The van der Waals surface area contributed by atoms with E-state index in [1.807, 2.05) is 41.0 Å². The van der Waals surface area contributed by atoms with E-state index in [0.717, 1.165) is 41.2 Å². The highest BCUT2D eigenvalue weighted by Crippen LogP contribution is 2.29. The molecule has 2 heterocycles. The number of nitrogens with zero attached hydrogens (tertiary/aromatic N) is 4. The van der Waals surface area contributed by atoms with E-state index in [4.69, 9.17) is 0 Å². The number of nitrogens with one attached hydrogen (secondary N) is 1. The van der Waals surface area contributed by atoms with Gasteiger partial charge < -0.3 is 5.32 Å². The molecule has 1 aliphatic carbocycles. The number of hydrogen-bond donors (Lipinski definition) is 1. The van der Waals surface area contributed by atoms with Crippen LogP contribution in [0.25, 0.3) is 17.1 Å². The third kappa shape index (κ3) is 4.16. The number of aromatic nitrogens is 4. The average Bonchev–Trinajstić information content (AvgIpc) is 3.45. The predicted molar refractivity (Wildman–Crippen MR) is 127 cm³/mol. The summed E-state index contributed by atoms with van der Waals surface area (Å²) in [6.07, 6.45) is 6.89. The fourth-order valence-corrected chi connectivity index (χ4v) is 4.80. The maximum Gasteiger partial charge on any atom is 0.234 e. The van der Waals surface area contributed by atoms with Gasteiger partial charge in [0.05, 0.1) is 11.4 Å². The van der Waals surface area contributed by atoms with Gasteiger partial charge in [-0.1, -0.05) is 36.0 Å². The summed E-state index contributed by atoms with van der Waals surface area (Å²) in [5, 5.41) is 12.6. The molecule has 4 aromatic rings. The molecular formula is C25H23N5OS. The summed E-state index contributed by atoms with van der Waals surface area (Å²) in [5.41, 5.74) is 6.61. The molecule has 32 heavy (non-hydrogen) atoms. The Morgan fingerprint density at radius 2 is 1.84 bits per heavy atom. The molecule has 0 spiro atoms. The van der Waals surface area contributed by atoms with E-state index in [2.05, 4.69) is 45.6 Å². The zero-order chi connectivity index (χ0) is 21.9. The van der Waals surface area contributed by atoms with Gasteiger partial charge in [0, 0.05) is 23.6 Å². The van der Waals surface area contributed by atoms with Gasteiger partial charge in [0.2, 0.25) is 5.91 Å². The van der Waals surface area contributed by atoms with E-state index in [0.29, 0.717) is 5.16 Å². The van der Waals surface area contributed by atoms with Gasteiger partial charge in [0.1, 0.15) is 0 Å². The lowest BCUT2D eigenvalue weighted by Crippen LogP contribution is -2.15. The van der Waals surface area contributed by atoms with Crippen molar-refractivity contribution in [3.8, 4) is 17.1 Å². The maximum atomic E-state index is 12.7. The second kappa shape index (κ2) is 8.96. The second-order valence-electron chi connectivity index (χ2n) is 7.84. The third-order valence-corrected chi connectivity index (χ3v) is 6.57. The molecule has 1 N–H and O–H groups in total. The van der Waals surface area contributed by atoms with Crippen LogP contribution in [0.4, 0.5) is 5.69 Å². The Morgan fingerprint density at radius 1 is 1.03 bits per heavy atom. The number of benzene rings is 2. The number of fused-ring (bicyclic) bond motifs is 1. The Morgan fingerprint density at radius 3 is 2.69 bits per heavy atom. The number of para-hydroxylation sites is 1. The fraction of sp³-hybridized carbons (Fsp3) is 0.200. The minimum atomic E-state index is -0.0576. The first-order valence-corrected chi connectivity index (χ1v) is 11.6. The number of pyridine rings is 1. The van der Waals surface area contributed by atoms with E-state index in [1.54, 1.807) is 12.4 Å². The molecule has 1 amide bonds. The topological polar surface area (TPSA) is 72.7 Å². The number of carbonyl (C=O) groups is 1. The van der Waals surface area contributed by atoms with Crippen molar-refractivity contribution in [2.24, 2.45) is 0 Å². The summed E-state index contributed by atoms with van der Waals surface area (Å²) in [6, 6.07) is 18.1. The van der Waals surface area contributed by atoms with Crippen LogP contribution in [0.1, 0.15) is 23.1 Å². The summed E-state index contributed by atoms with van der Waals surface area (Å²) < 4.78 is 2.01. The molecule has 0 atom stereocenters. The predicted octanol–water partition coefficient (Wildman–Crippen LogP) is 4.86. The first-order valence-electron chi connectivity index (χ1n) is 10.7. The molecule has 6 nitrogen and oxygen atoms in total. The zero-order valence-electron chi connectivity index (χ0n) is 17.8. The molecule has 0 aliphatic heterocycles. The van der Waals surface area contributed by atoms with Crippen molar-refractivity contribution in [2.45, 2.75) is 31.3 Å². The molecule has 0 bridgehead atoms. The smallest absolute Gasteiger partial charge is 0.234 e. The van der Waals surface area contributed by atoms with Gasteiger partial charge >= 0.3 is 0 Å². The minimum Gasteiger partial charge on any atom is -0.325 e. The van der Waals surface area contributed by atoms with E-state index in [-0.39, 0.29) is 11.7 Å².